The molecule has 0 N–H and O–H groups in total. The van der Waals surface area contributed by atoms with E-state index < -0.39 is 0 Å². The van der Waals surface area contributed by atoms with Gasteiger partial charge in [-0.3, -0.25) is 0 Å². The molecule has 1 heterocycles. The van der Waals surface area contributed by atoms with Crippen LogP contribution in [0.3, 0.4) is 0 Å². The lowest BCUT2D eigenvalue weighted by Gasteiger charge is -2.14. The fourth-order valence-corrected chi connectivity index (χ4v) is 1.67. The smallest absolute Gasteiger partial charge is 0.000527 e. The predicted octanol–water partition coefficient (Wildman–Crippen LogP) is 2.66. The van der Waals surface area contributed by atoms with Gasteiger partial charge < -0.3 is 0 Å². The van der Waals surface area contributed by atoms with Gasteiger partial charge >= 0.3 is 0 Å². The van der Waals surface area contributed by atoms with Crippen LogP contribution in [0.5, 0.6) is 0 Å². The Kier molecular flexibility index (Phi) is 2.01. The van der Waals surface area contributed by atoms with Gasteiger partial charge in [-0.15, -0.1) is 11.8 Å². The van der Waals surface area contributed by atoms with E-state index in [0.29, 0.717) is 0 Å². The number of hydrogen-bond donors (Lipinski definition) is 0. The lowest BCUT2D eigenvalue weighted by atomic mass is 10.1. The molecule has 1 aliphatic rings. The molecule has 1 rings (SSSR count). The Morgan fingerprint density at radius 1 is 1.75 bits per heavy atom. The molecular formula is C7H12S. The van der Waals surface area contributed by atoms with E-state index in [4.69, 9.17) is 0 Å². The van der Waals surface area contributed by atoms with E-state index in [1.807, 2.05) is 11.8 Å². The molecule has 0 spiro atoms. The summed E-state index contributed by atoms with van der Waals surface area (Å²) in [6.07, 6.45) is 3.62. The second-order valence-electron chi connectivity index (χ2n) is 2.47. The molecule has 0 saturated heterocycles. The quantitative estimate of drug-likeness (QED) is 0.483. The van der Waals surface area contributed by atoms with Crippen molar-refractivity contribution >= 4 is 11.8 Å². The van der Waals surface area contributed by atoms with E-state index in [0.717, 1.165) is 5.92 Å². The molecule has 0 radical (unpaired) electrons. The van der Waals surface area contributed by atoms with Crippen LogP contribution < -0.4 is 0 Å². The minimum Gasteiger partial charge on any atom is -0.131 e. The first kappa shape index (κ1) is 6.21. The first-order chi connectivity index (χ1) is 3.79. The van der Waals surface area contributed by atoms with Crippen molar-refractivity contribution in [2.45, 2.75) is 20.3 Å². The summed E-state index contributed by atoms with van der Waals surface area (Å²) in [5.74, 6) is 2.23. The highest BCUT2D eigenvalue weighted by molar-refractivity contribution is 8.03. The zero-order valence-corrected chi connectivity index (χ0v) is 6.29. The molecule has 1 aliphatic heterocycles. The van der Waals surface area contributed by atoms with Crippen LogP contribution in [-0.2, 0) is 0 Å². The van der Waals surface area contributed by atoms with Gasteiger partial charge in [0.25, 0.3) is 0 Å². The molecular weight excluding hydrogens is 116 g/mol. The number of hydrogen-bond acceptors (Lipinski definition) is 1. The molecule has 1 atom stereocenters. The van der Waals surface area contributed by atoms with Crippen LogP contribution in [0.15, 0.2) is 11.0 Å². The second-order valence-corrected chi connectivity index (χ2v) is 3.73. The summed E-state index contributed by atoms with van der Waals surface area (Å²) in [7, 11) is 0. The monoisotopic (exact) mass is 128 g/mol. The number of rotatable bonds is 0. The van der Waals surface area contributed by atoms with Gasteiger partial charge in [0.15, 0.2) is 0 Å². The molecule has 0 aromatic carbocycles. The molecule has 0 nitrogen and oxygen atoms in total. The zero-order chi connectivity index (χ0) is 5.98. The van der Waals surface area contributed by atoms with Gasteiger partial charge in [-0.25, -0.2) is 0 Å². The van der Waals surface area contributed by atoms with Crippen LogP contribution in [-0.4, -0.2) is 5.75 Å². The van der Waals surface area contributed by atoms with Gasteiger partial charge in [0.2, 0.25) is 0 Å². The number of allylic oxidation sites excluding steroid dienone is 2. The minimum atomic E-state index is 0.906. The Labute approximate surface area is 55.4 Å². The summed E-state index contributed by atoms with van der Waals surface area (Å²) in [5, 5.41) is 0. The molecule has 0 saturated carbocycles. The molecule has 0 bridgehead atoms. The van der Waals surface area contributed by atoms with Crippen LogP contribution >= 0.6 is 11.8 Å². The summed E-state index contributed by atoms with van der Waals surface area (Å²) in [6.45, 7) is 4.49. The first-order valence-corrected chi connectivity index (χ1v) is 4.07. The van der Waals surface area contributed by atoms with Crippen molar-refractivity contribution in [1.29, 1.82) is 0 Å². The van der Waals surface area contributed by atoms with Crippen molar-refractivity contribution in [2.24, 2.45) is 5.92 Å². The third-order valence-corrected chi connectivity index (χ3v) is 2.76. The van der Waals surface area contributed by atoms with Gasteiger partial charge in [0.05, 0.1) is 0 Å². The van der Waals surface area contributed by atoms with E-state index in [-0.39, 0.29) is 0 Å². The summed E-state index contributed by atoms with van der Waals surface area (Å²) in [6, 6.07) is 0. The Hall–Kier alpha value is 0.0900. The lowest BCUT2D eigenvalue weighted by Crippen LogP contribution is -2.00. The second kappa shape index (κ2) is 2.58. The molecule has 8 heavy (non-hydrogen) atoms. The standard InChI is InChI=1S/C7H12S/c1-6-3-4-7(2)8-5-6/h4,6H,3,5H2,1-2H3. The summed E-state index contributed by atoms with van der Waals surface area (Å²) < 4.78 is 0. The van der Waals surface area contributed by atoms with E-state index >= 15 is 0 Å². The maximum Gasteiger partial charge on any atom is 0.000527 e. The Morgan fingerprint density at radius 3 is 2.88 bits per heavy atom. The van der Waals surface area contributed by atoms with E-state index in [9.17, 15) is 0 Å². The first-order valence-electron chi connectivity index (χ1n) is 3.08. The van der Waals surface area contributed by atoms with E-state index in [1.54, 1.807) is 0 Å². The van der Waals surface area contributed by atoms with Gasteiger partial charge in [0.1, 0.15) is 0 Å². The van der Waals surface area contributed by atoms with Crippen LogP contribution in [0.1, 0.15) is 20.3 Å². The van der Waals surface area contributed by atoms with Crippen LogP contribution in [0.2, 0.25) is 0 Å². The van der Waals surface area contributed by atoms with E-state index in [1.165, 1.54) is 17.1 Å². The molecule has 0 fully saturated rings. The van der Waals surface area contributed by atoms with Crippen molar-refractivity contribution in [3.05, 3.63) is 11.0 Å². The third-order valence-electron chi connectivity index (χ3n) is 1.40. The van der Waals surface area contributed by atoms with Crippen molar-refractivity contribution < 1.29 is 0 Å². The van der Waals surface area contributed by atoms with Crippen LogP contribution in [0.4, 0.5) is 0 Å². The number of thioether (sulfide) groups is 1. The topological polar surface area (TPSA) is 0 Å². The Balaban J connectivity index is 2.42. The van der Waals surface area contributed by atoms with Crippen molar-refractivity contribution in [3.8, 4) is 0 Å². The van der Waals surface area contributed by atoms with Gasteiger partial charge in [-0.05, 0) is 24.2 Å². The molecule has 0 aliphatic carbocycles. The average Bonchev–Trinajstić information content (AvgIpc) is 1.77. The molecule has 0 aromatic heterocycles. The summed E-state index contributed by atoms with van der Waals surface area (Å²) >= 11 is 1.99. The van der Waals surface area contributed by atoms with E-state index in [2.05, 4.69) is 19.9 Å². The zero-order valence-electron chi connectivity index (χ0n) is 5.48. The SMILES string of the molecule is CC1=CCC(C)CS1. The Bertz CT molecular complexity index is 105. The van der Waals surface area contributed by atoms with Crippen molar-refractivity contribution in [1.82, 2.24) is 0 Å². The summed E-state index contributed by atoms with van der Waals surface area (Å²) in [4.78, 5) is 1.50. The highest BCUT2D eigenvalue weighted by atomic mass is 32.2. The fraction of sp³-hybridized carbons (Fsp3) is 0.714. The predicted molar refractivity (Wildman–Crippen MR) is 40.0 cm³/mol. The van der Waals surface area contributed by atoms with Crippen molar-refractivity contribution in [3.63, 3.8) is 0 Å². The van der Waals surface area contributed by atoms with Gasteiger partial charge in [-0.1, -0.05) is 13.0 Å². The van der Waals surface area contributed by atoms with Crippen molar-refractivity contribution in [2.75, 3.05) is 5.75 Å². The Morgan fingerprint density at radius 2 is 2.50 bits per heavy atom. The summed E-state index contributed by atoms with van der Waals surface area (Å²) in [5.41, 5.74) is 0. The molecule has 46 valence electrons. The minimum absolute atomic E-state index is 0.906. The maximum atomic E-state index is 2.33. The highest BCUT2D eigenvalue weighted by Crippen LogP contribution is 2.26. The van der Waals surface area contributed by atoms with Crippen LogP contribution in [0.25, 0.3) is 0 Å². The molecule has 0 aromatic rings. The molecule has 0 amide bonds. The normalized spacial score (nSPS) is 29.8. The van der Waals surface area contributed by atoms with Gasteiger partial charge in [-0.2, -0.15) is 0 Å². The third kappa shape index (κ3) is 1.55. The average molecular weight is 128 g/mol. The molecule has 1 unspecified atom stereocenters. The largest absolute Gasteiger partial charge is 0.131 e. The van der Waals surface area contributed by atoms with Gasteiger partial charge in [0, 0.05) is 5.75 Å². The van der Waals surface area contributed by atoms with Crippen LogP contribution in [0, 0.1) is 5.92 Å². The fourth-order valence-electron chi connectivity index (χ4n) is 0.768. The lowest BCUT2D eigenvalue weighted by molar-refractivity contribution is 0.669. The maximum absolute atomic E-state index is 2.33. The highest BCUT2D eigenvalue weighted by Gasteiger charge is 2.05. The molecule has 1 heteroatoms.